The Morgan fingerprint density at radius 2 is 1.80 bits per heavy atom. The molecule has 158 valence electrons. The number of aromatic hydroxyl groups is 1. The van der Waals surface area contributed by atoms with Crippen molar-refractivity contribution in [2.24, 2.45) is 5.92 Å². The van der Waals surface area contributed by atoms with Crippen molar-refractivity contribution < 1.29 is 28.6 Å². The molecule has 2 aromatic carbocycles. The number of phenolic OH excluding ortho intramolecular Hbond substituents is 1. The van der Waals surface area contributed by atoms with E-state index in [-0.39, 0.29) is 32.7 Å². The zero-order valence-corrected chi connectivity index (χ0v) is 17.5. The first-order valence-corrected chi connectivity index (χ1v) is 9.56. The molecule has 30 heavy (non-hydrogen) atoms. The van der Waals surface area contributed by atoms with Crippen LogP contribution in [0.2, 0.25) is 5.02 Å². The first-order valence-electron chi connectivity index (χ1n) is 9.19. The van der Waals surface area contributed by atoms with Crippen LogP contribution in [0.4, 0.5) is 8.78 Å². The van der Waals surface area contributed by atoms with Gasteiger partial charge < -0.3 is 10.2 Å². The van der Waals surface area contributed by atoms with E-state index in [2.05, 4.69) is 0 Å². The predicted octanol–water partition coefficient (Wildman–Crippen LogP) is 5.27. The van der Waals surface area contributed by atoms with Gasteiger partial charge in [0.2, 0.25) is 0 Å². The molecule has 1 aromatic heterocycles. The summed E-state index contributed by atoms with van der Waals surface area (Å²) in [6, 6.07) is 5.94. The van der Waals surface area contributed by atoms with Crippen LogP contribution in [0.3, 0.4) is 0 Å². The number of carbonyl (C=O) groups excluding carboxylic acids is 1. The van der Waals surface area contributed by atoms with Crippen molar-refractivity contribution in [3.63, 3.8) is 0 Å². The number of rotatable bonds is 4. The molecular formula is C22H20ClF2NO4. The van der Waals surface area contributed by atoms with Crippen molar-refractivity contribution in [3.8, 4) is 5.75 Å². The predicted molar refractivity (Wildman–Crippen MR) is 109 cm³/mol. The highest BCUT2D eigenvalue weighted by Gasteiger charge is 2.44. The van der Waals surface area contributed by atoms with Gasteiger partial charge in [-0.1, -0.05) is 25.4 Å². The van der Waals surface area contributed by atoms with Crippen LogP contribution in [-0.4, -0.2) is 26.7 Å². The molecule has 0 spiro atoms. The first-order chi connectivity index (χ1) is 13.9. The summed E-state index contributed by atoms with van der Waals surface area (Å²) in [5.74, 6) is -4.83. The van der Waals surface area contributed by atoms with Crippen LogP contribution in [0.5, 0.6) is 5.75 Å². The van der Waals surface area contributed by atoms with E-state index in [4.69, 9.17) is 11.6 Å². The number of aliphatic carboxylic acids is 1. The van der Waals surface area contributed by atoms with Crippen LogP contribution in [0, 0.1) is 24.5 Å². The minimum Gasteiger partial charge on any atom is -0.505 e. The molecule has 3 rings (SSSR count). The summed E-state index contributed by atoms with van der Waals surface area (Å²) in [5.41, 5.74) is -1.26. The van der Waals surface area contributed by atoms with Crippen LogP contribution in [0.15, 0.2) is 30.3 Å². The fourth-order valence-corrected chi connectivity index (χ4v) is 3.87. The van der Waals surface area contributed by atoms with Crippen molar-refractivity contribution in [1.82, 2.24) is 4.57 Å². The van der Waals surface area contributed by atoms with Gasteiger partial charge in [-0.3, -0.25) is 14.2 Å². The average Bonchev–Trinajstić information content (AvgIpc) is 2.98. The van der Waals surface area contributed by atoms with Gasteiger partial charge in [0.05, 0.1) is 16.0 Å². The number of carboxylic acid groups (broad SMARTS) is 1. The molecule has 0 saturated carbocycles. The second-order valence-electron chi connectivity index (χ2n) is 7.68. The fraction of sp³-hybridized carbons (Fsp3) is 0.273. The molecule has 3 aromatic rings. The second-order valence-corrected chi connectivity index (χ2v) is 8.09. The van der Waals surface area contributed by atoms with Gasteiger partial charge in [-0.2, -0.15) is 0 Å². The van der Waals surface area contributed by atoms with Gasteiger partial charge >= 0.3 is 5.97 Å². The molecular weight excluding hydrogens is 416 g/mol. The van der Waals surface area contributed by atoms with Crippen LogP contribution in [0.25, 0.3) is 10.9 Å². The van der Waals surface area contributed by atoms with Gasteiger partial charge in [0, 0.05) is 22.2 Å². The monoisotopic (exact) mass is 435 g/mol. The lowest BCUT2D eigenvalue weighted by Crippen LogP contribution is -2.38. The molecule has 0 unspecified atom stereocenters. The Bertz CT molecular complexity index is 1200. The Kier molecular flexibility index (Phi) is 5.37. The summed E-state index contributed by atoms with van der Waals surface area (Å²) < 4.78 is 30.1. The molecule has 0 amide bonds. The Morgan fingerprint density at radius 3 is 2.33 bits per heavy atom. The van der Waals surface area contributed by atoms with E-state index in [1.165, 1.54) is 32.0 Å². The maximum atomic E-state index is 15.0. The highest BCUT2D eigenvalue weighted by molar-refractivity contribution is 6.30. The number of nitrogens with zero attached hydrogens (tertiary/aromatic N) is 1. The number of hydrogen-bond acceptors (Lipinski definition) is 3. The van der Waals surface area contributed by atoms with E-state index in [9.17, 15) is 24.2 Å². The molecule has 8 heteroatoms. The van der Waals surface area contributed by atoms with Crippen LogP contribution < -0.4 is 0 Å². The molecule has 0 aliphatic carbocycles. The van der Waals surface area contributed by atoms with E-state index in [1.807, 2.05) is 0 Å². The van der Waals surface area contributed by atoms with Crippen molar-refractivity contribution in [2.45, 2.75) is 33.1 Å². The van der Waals surface area contributed by atoms with Gasteiger partial charge in [-0.15, -0.1) is 0 Å². The molecule has 0 bridgehead atoms. The van der Waals surface area contributed by atoms with Gasteiger partial charge in [-0.25, -0.2) is 8.78 Å². The van der Waals surface area contributed by atoms with Crippen molar-refractivity contribution >= 4 is 34.4 Å². The normalized spacial score (nSPS) is 13.6. The van der Waals surface area contributed by atoms with Crippen molar-refractivity contribution in [1.29, 1.82) is 0 Å². The summed E-state index contributed by atoms with van der Waals surface area (Å²) in [6.07, 6.45) is 0. The molecule has 0 aliphatic heterocycles. The molecule has 0 aliphatic rings. The number of carbonyl (C=O) groups is 2. The maximum Gasteiger partial charge on any atom is 0.314 e. The Hall–Kier alpha value is -2.93. The van der Waals surface area contributed by atoms with Gasteiger partial charge in [-0.05, 0) is 50.1 Å². The van der Waals surface area contributed by atoms with E-state index >= 15 is 4.39 Å². The van der Waals surface area contributed by atoms with E-state index in [0.717, 1.165) is 16.7 Å². The lowest BCUT2D eigenvalue weighted by atomic mass is 9.72. The topological polar surface area (TPSA) is 79.5 Å². The molecule has 1 atom stereocenters. The lowest BCUT2D eigenvalue weighted by molar-refractivity contribution is -0.145. The Labute approximate surface area is 176 Å². The van der Waals surface area contributed by atoms with E-state index in [1.54, 1.807) is 13.8 Å². The van der Waals surface area contributed by atoms with Crippen LogP contribution in [0.1, 0.15) is 42.4 Å². The maximum absolute atomic E-state index is 15.0. The average molecular weight is 436 g/mol. The van der Waals surface area contributed by atoms with Crippen molar-refractivity contribution in [3.05, 3.63) is 63.8 Å². The zero-order chi connectivity index (χ0) is 22.5. The quantitative estimate of drug-likeness (QED) is 0.584. The smallest absolute Gasteiger partial charge is 0.314 e. The van der Waals surface area contributed by atoms with Crippen LogP contribution in [-0.2, 0) is 10.2 Å². The molecule has 2 N–H and O–H groups in total. The fourth-order valence-electron chi connectivity index (χ4n) is 3.75. The van der Waals surface area contributed by atoms with E-state index in [0.29, 0.717) is 0 Å². The summed E-state index contributed by atoms with van der Waals surface area (Å²) in [4.78, 5) is 25.5. The van der Waals surface area contributed by atoms with Crippen molar-refractivity contribution in [2.75, 3.05) is 0 Å². The number of hydrogen-bond donors (Lipinski definition) is 2. The number of halogens is 3. The molecule has 5 nitrogen and oxygen atoms in total. The SMILES string of the molecule is Cc1c([C@](C)(C(=O)O)C(C)C)c2c(F)c(O)ccc2n1C(=O)c1ccc(Cl)c(F)c1. The van der Waals surface area contributed by atoms with Gasteiger partial charge in [0.1, 0.15) is 5.82 Å². The third-order valence-corrected chi connectivity index (χ3v) is 6.08. The third kappa shape index (κ3) is 3.04. The molecule has 0 radical (unpaired) electrons. The number of carboxylic acids is 1. The zero-order valence-electron chi connectivity index (χ0n) is 16.8. The van der Waals surface area contributed by atoms with Crippen LogP contribution >= 0.6 is 11.6 Å². The number of aromatic nitrogens is 1. The highest BCUT2D eigenvalue weighted by Crippen LogP contribution is 2.43. The summed E-state index contributed by atoms with van der Waals surface area (Å²) >= 11 is 5.69. The summed E-state index contributed by atoms with van der Waals surface area (Å²) in [7, 11) is 0. The number of fused-ring (bicyclic) bond motifs is 1. The minimum atomic E-state index is -1.56. The summed E-state index contributed by atoms with van der Waals surface area (Å²) in [6.45, 7) is 6.29. The molecule has 1 heterocycles. The number of benzene rings is 2. The molecule has 0 saturated heterocycles. The highest BCUT2D eigenvalue weighted by atomic mass is 35.5. The number of phenols is 1. The lowest BCUT2D eigenvalue weighted by Gasteiger charge is -2.30. The Balaban J connectivity index is 2.44. The largest absolute Gasteiger partial charge is 0.505 e. The minimum absolute atomic E-state index is 0.0430. The summed E-state index contributed by atoms with van der Waals surface area (Å²) in [5, 5.41) is 19.6. The van der Waals surface area contributed by atoms with E-state index < -0.39 is 40.6 Å². The Morgan fingerprint density at radius 1 is 1.17 bits per heavy atom. The first kappa shape index (κ1) is 21.8. The second kappa shape index (κ2) is 7.40. The third-order valence-electron chi connectivity index (χ3n) is 5.78. The molecule has 0 fully saturated rings. The van der Waals surface area contributed by atoms with Gasteiger partial charge in [0.15, 0.2) is 11.6 Å². The standard InChI is InChI=1S/C22H20ClF2NO4/c1-10(2)22(4,21(29)30)18-11(3)26(15-7-8-16(27)19(25)17(15)18)20(28)12-5-6-13(23)14(24)9-12/h5-10,27H,1-4H3,(H,29,30)/t22-/m1/s1. The van der Waals surface area contributed by atoms with Gasteiger partial charge in [0.25, 0.3) is 5.91 Å².